The lowest BCUT2D eigenvalue weighted by atomic mass is 10.3. The summed E-state index contributed by atoms with van der Waals surface area (Å²) in [5.74, 6) is 3.74. The highest BCUT2D eigenvalue weighted by molar-refractivity contribution is 8.01. The molecule has 6 aromatic rings. The zero-order valence-electron chi connectivity index (χ0n) is 20.6. The number of thioether (sulfide) groups is 3. The summed E-state index contributed by atoms with van der Waals surface area (Å²) in [7, 11) is 0. The van der Waals surface area contributed by atoms with Crippen LogP contribution in [0.3, 0.4) is 0 Å². The van der Waals surface area contributed by atoms with Crippen molar-refractivity contribution < 1.29 is 85.6 Å². The second-order valence-corrected chi connectivity index (χ2v) is 15.6. The number of fused-ring (bicyclic) bond motifs is 9. The molecule has 0 bridgehead atoms. The Morgan fingerprint density at radius 1 is 0.410 bits per heavy atom. The number of thiazole rings is 3. The van der Waals surface area contributed by atoms with Gasteiger partial charge in [-0.1, -0.05) is 70.4 Å². The van der Waals surface area contributed by atoms with Crippen LogP contribution in [0.5, 0.6) is 0 Å². The van der Waals surface area contributed by atoms with Crippen molar-refractivity contribution in [1.82, 2.24) is 0 Å². The average molecular weight is 964 g/mol. The van der Waals surface area contributed by atoms with Crippen LogP contribution in [-0.2, 0) is 19.6 Å². The lowest BCUT2D eigenvalue weighted by Crippen LogP contribution is -3.00. The van der Waals surface area contributed by atoms with Crippen LogP contribution in [0.25, 0.3) is 30.6 Å². The Morgan fingerprint density at radius 3 is 1.00 bits per heavy atom. The van der Waals surface area contributed by atoms with Crippen LogP contribution in [0.4, 0.5) is 0 Å². The molecule has 39 heavy (non-hydrogen) atoms. The molecule has 3 nitrogen and oxygen atoms in total. The van der Waals surface area contributed by atoms with Gasteiger partial charge in [-0.2, -0.15) is 13.7 Å². The van der Waals surface area contributed by atoms with E-state index in [0.29, 0.717) is 0 Å². The van der Waals surface area contributed by atoms with E-state index in [1.54, 1.807) is 0 Å². The van der Waals surface area contributed by atoms with Gasteiger partial charge in [0.05, 0.1) is 17.3 Å². The number of hydrogen-bond donors (Lipinski definition) is 0. The largest absolute Gasteiger partial charge is 1.00 e. The minimum Gasteiger partial charge on any atom is -1.00 e. The SMILES string of the molecule is [I-].[I-].[I-].c1ccc2c(c1)sc1[n+]2CCS1.c1ccc2c(c1)sc1[n+]2CCS1.c1ccc2c(c1)sc1[n+]2CCS1. The number of hydrogen-bond acceptors (Lipinski definition) is 6. The molecule has 0 radical (unpaired) electrons. The van der Waals surface area contributed by atoms with E-state index in [1.165, 1.54) is 80.6 Å². The predicted octanol–water partition coefficient (Wildman–Crippen LogP) is -2.10. The molecule has 0 saturated heterocycles. The maximum absolute atomic E-state index is 2.42. The molecule has 3 aliphatic heterocycles. The Labute approximate surface area is 304 Å². The third kappa shape index (κ3) is 6.73. The summed E-state index contributed by atoms with van der Waals surface area (Å²) in [4.78, 5) is 0. The molecule has 0 aliphatic carbocycles. The summed E-state index contributed by atoms with van der Waals surface area (Å²) in [6.07, 6.45) is 0. The van der Waals surface area contributed by atoms with Gasteiger partial charge in [0.1, 0.15) is 14.1 Å². The molecule has 9 rings (SSSR count). The molecule has 204 valence electrons. The van der Waals surface area contributed by atoms with Crippen LogP contribution in [0.15, 0.2) is 85.8 Å². The molecule has 0 N–H and O–H groups in total. The van der Waals surface area contributed by atoms with Crippen molar-refractivity contribution in [3.8, 4) is 0 Å². The molecule has 3 aromatic heterocycles. The Hall–Kier alpha value is 0.570. The molecule has 0 amide bonds. The quantitative estimate of drug-likeness (QED) is 0.128. The minimum absolute atomic E-state index is 0. The Bertz CT molecular complexity index is 1510. The fourth-order valence-electron chi connectivity index (χ4n) is 4.67. The number of para-hydroxylation sites is 3. The molecule has 3 aromatic carbocycles. The van der Waals surface area contributed by atoms with Gasteiger partial charge in [0.25, 0.3) is 13.0 Å². The maximum atomic E-state index is 2.42. The number of halogens is 3. The number of benzene rings is 3. The first-order chi connectivity index (χ1) is 17.8. The van der Waals surface area contributed by atoms with E-state index < -0.39 is 0 Å². The van der Waals surface area contributed by atoms with Crippen LogP contribution in [0.2, 0.25) is 0 Å². The van der Waals surface area contributed by atoms with Gasteiger partial charge in [-0.25, -0.2) is 0 Å². The highest BCUT2D eigenvalue weighted by atomic mass is 127. The fourth-order valence-corrected chi connectivity index (χ4v) is 12.1. The number of aromatic nitrogens is 3. The highest BCUT2D eigenvalue weighted by Gasteiger charge is 2.27. The summed E-state index contributed by atoms with van der Waals surface area (Å²) >= 11 is 11.7. The Balaban J connectivity index is 0.000000131. The van der Waals surface area contributed by atoms with Crippen molar-refractivity contribution in [2.24, 2.45) is 0 Å². The van der Waals surface area contributed by atoms with E-state index in [9.17, 15) is 0 Å². The van der Waals surface area contributed by atoms with Crippen LogP contribution in [0, 0.1) is 0 Å². The zero-order valence-corrected chi connectivity index (χ0v) is 32.0. The summed E-state index contributed by atoms with van der Waals surface area (Å²) in [6, 6.07) is 25.9. The minimum atomic E-state index is 0. The summed E-state index contributed by atoms with van der Waals surface area (Å²) < 4.78 is 15.9. The highest BCUT2D eigenvalue weighted by Crippen LogP contribution is 2.33. The molecular weight excluding hydrogens is 939 g/mol. The normalized spacial score (nSPS) is 14.2. The standard InChI is InChI=1S/3C9H8NS2.3HI/c3*1-2-4-8-7(3-1)10-5-6-11-9(10)12-8;;;/h3*1-4H,5-6H2;3*1H/q3*+1;;;/p-3. The lowest BCUT2D eigenvalue weighted by Gasteiger charge is -1.84. The van der Waals surface area contributed by atoms with Gasteiger partial charge < -0.3 is 71.9 Å². The van der Waals surface area contributed by atoms with Crippen molar-refractivity contribution in [2.75, 3.05) is 17.3 Å². The van der Waals surface area contributed by atoms with Crippen LogP contribution in [0.1, 0.15) is 0 Å². The molecule has 12 heteroatoms. The van der Waals surface area contributed by atoms with E-state index in [1.807, 2.05) is 69.3 Å². The van der Waals surface area contributed by atoms with E-state index in [0.717, 1.165) is 0 Å². The van der Waals surface area contributed by atoms with Crippen molar-refractivity contribution in [3.05, 3.63) is 72.8 Å². The number of rotatable bonds is 0. The second kappa shape index (κ2) is 14.8. The van der Waals surface area contributed by atoms with E-state index >= 15 is 0 Å². The average Bonchev–Trinajstić information content (AvgIpc) is 3.73. The van der Waals surface area contributed by atoms with Crippen molar-refractivity contribution in [1.29, 1.82) is 0 Å². The topological polar surface area (TPSA) is 11.6 Å². The molecule has 6 heterocycles. The van der Waals surface area contributed by atoms with Gasteiger partial charge in [0, 0.05) is 18.2 Å². The Morgan fingerprint density at radius 2 is 0.692 bits per heavy atom. The third-order valence-electron chi connectivity index (χ3n) is 6.34. The molecule has 0 saturated carbocycles. The van der Waals surface area contributed by atoms with Gasteiger partial charge in [-0.3, -0.25) is 0 Å². The van der Waals surface area contributed by atoms with E-state index in [2.05, 4.69) is 86.5 Å². The summed E-state index contributed by atoms with van der Waals surface area (Å²) in [5.41, 5.74) is 4.22. The van der Waals surface area contributed by atoms with Crippen LogP contribution in [-0.4, -0.2) is 17.3 Å². The third-order valence-corrected chi connectivity index (χ3v) is 13.6. The zero-order chi connectivity index (χ0) is 23.9. The number of nitrogens with zero attached hydrogens (tertiary/aromatic N) is 3. The van der Waals surface area contributed by atoms with Gasteiger partial charge in [0.15, 0.2) is 19.6 Å². The molecular formula is C27H24I3N3S6. The van der Waals surface area contributed by atoms with Gasteiger partial charge in [0.2, 0.25) is 16.6 Å². The first-order valence-electron chi connectivity index (χ1n) is 12.0. The van der Waals surface area contributed by atoms with Crippen LogP contribution >= 0.6 is 69.3 Å². The molecule has 0 atom stereocenters. The molecule has 0 fully saturated rings. The van der Waals surface area contributed by atoms with Crippen molar-refractivity contribution in [3.63, 3.8) is 0 Å². The second-order valence-electron chi connectivity index (χ2n) is 8.51. The van der Waals surface area contributed by atoms with Crippen molar-refractivity contribution >= 4 is 99.9 Å². The fraction of sp³-hybridized carbons (Fsp3) is 0.222. The first kappa shape index (κ1) is 32.5. The molecule has 3 aliphatic rings. The van der Waals surface area contributed by atoms with Crippen molar-refractivity contribution in [2.45, 2.75) is 32.7 Å². The van der Waals surface area contributed by atoms with Gasteiger partial charge in [-0.15, -0.1) is 0 Å². The van der Waals surface area contributed by atoms with Gasteiger partial charge in [-0.05, 0) is 53.5 Å². The van der Waals surface area contributed by atoms with E-state index in [4.69, 9.17) is 0 Å². The summed E-state index contributed by atoms with van der Waals surface area (Å²) in [6.45, 7) is 3.55. The first-order valence-corrected chi connectivity index (χ1v) is 17.4. The monoisotopic (exact) mass is 963 g/mol. The lowest BCUT2D eigenvalue weighted by molar-refractivity contribution is -0.692. The van der Waals surface area contributed by atoms with E-state index in [-0.39, 0.29) is 71.9 Å². The number of aryl methyl sites for hydroxylation is 3. The van der Waals surface area contributed by atoms with Gasteiger partial charge >= 0.3 is 0 Å². The molecule has 0 spiro atoms. The summed E-state index contributed by atoms with van der Waals surface area (Å²) in [5, 5.41) is 0. The maximum Gasteiger partial charge on any atom is 0.298 e. The predicted molar refractivity (Wildman–Crippen MR) is 158 cm³/mol. The smallest absolute Gasteiger partial charge is 0.298 e. The molecule has 0 unspecified atom stereocenters. The Kier molecular flexibility index (Phi) is 12.4. The van der Waals surface area contributed by atoms with Crippen LogP contribution < -0.4 is 85.6 Å².